The maximum atomic E-state index is 11.9. The zero-order valence-corrected chi connectivity index (χ0v) is 12.6. The fourth-order valence-corrected chi connectivity index (χ4v) is 1.57. The van der Waals surface area contributed by atoms with Gasteiger partial charge in [-0.25, -0.2) is 4.79 Å². The van der Waals surface area contributed by atoms with Crippen LogP contribution in [-0.4, -0.2) is 35.6 Å². The van der Waals surface area contributed by atoms with Crippen LogP contribution in [0.1, 0.15) is 19.4 Å². The highest BCUT2D eigenvalue weighted by atomic mass is 35.5. The molecule has 0 aliphatic rings. The van der Waals surface area contributed by atoms with Crippen molar-refractivity contribution in [3.8, 4) is 0 Å². The predicted octanol–water partition coefficient (Wildman–Crippen LogP) is 2.59. The second kappa shape index (κ2) is 6.61. The highest BCUT2D eigenvalue weighted by Gasteiger charge is 2.27. The van der Waals surface area contributed by atoms with Crippen LogP contribution in [0.4, 0.5) is 4.79 Å². The second-order valence-corrected chi connectivity index (χ2v) is 5.77. The first-order valence-electron chi connectivity index (χ1n) is 6.19. The van der Waals surface area contributed by atoms with Crippen LogP contribution in [0.5, 0.6) is 0 Å². The third-order valence-electron chi connectivity index (χ3n) is 2.94. The molecule has 0 unspecified atom stereocenters. The molecule has 1 aromatic carbocycles. The number of urea groups is 1. The van der Waals surface area contributed by atoms with Crippen LogP contribution in [0.15, 0.2) is 24.3 Å². The van der Waals surface area contributed by atoms with Crippen LogP contribution in [0.25, 0.3) is 0 Å². The number of carboxylic acid groups (broad SMARTS) is 1. The fourth-order valence-electron chi connectivity index (χ4n) is 1.44. The Hall–Kier alpha value is -1.75. The molecule has 6 heteroatoms. The minimum Gasteiger partial charge on any atom is -0.481 e. The SMILES string of the molecule is CN(Cc1ccc(Cl)cc1)C(=O)NCC(C)(C)C(=O)O. The predicted molar refractivity (Wildman–Crippen MR) is 77.7 cm³/mol. The van der Waals surface area contributed by atoms with Crippen molar-refractivity contribution in [3.05, 3.63) is 34.9 Å². The Kier molecular flexibility index (Phi) is 5.39. The summed E-state index contributed by atoms with van der Waals surface area (Å²) in [6, 6.07) is 6.89. The zero-order chi connectivity index (χ0) is 15.3. The number of carbonyl (C=O) groups excluding carboxylic acids is 1. The van der Waals surface area contributed by atoms with E-state index in [2.05, 4.69) is 5.32 Å². The molecule has 2 amide bonds. The first-order valence-corrected chi connectivity index (χ1v) is 6.57. The molecule has 20 heavy (non-hydrogen) atoms. The first-order chi connectivity index (χ1) is 9.22. The van der Waals surface area contributed by atoms with E-state index in [1.165, 1.54) is 4.90 Å². The van der Waals surface area contributed by atoms with E-state index in [-0.39, 0.29) is 12.6 Å². The summed E-state index contributed by atoms with van der Waals surface area (Å²) in [5.41, 5.74) is -0.0407. The third-order valence-corrected chi connectivity index (χ3v) is 3.19. The van der Waals surface area contributed by atoms with Gasteiger partial charge in [-0.05, 0) is 31.5 Å². The third kappa shape index (κ3) is 4.74. The van der Waals surface area contributed by atoms with Gasteiger partial charge in [0.25, 0.3) is 0 Å². The molecular formula is C14H19ClN2O3. The molecule has 1 aromatic rings. The molecule has 1 rings (SSSR count). The van der Waals surface area contributed by atoms with Gasteiger partial charge in [-0.15, -0.1) is 0 Å². The number of halogens is 1. The van der Waals surface area contributed by atoms with Gasteiger partial charge in [0.05, 0.1) is 5.41 Å². The van der Waals surface area contributed by atoms with Gasteiger partial charge in [0.2, 0.25) is 0 Å². The van der Waals surface area contributed by atoms with Crippen molar-refractivity contribution in [3.63, 3.8) is 0 Å². The molecule has 0 atom stereocenters. The van der Waals surface area contributed by atoms with Crippen molar-refractivity contribution in [2.24, 2.45) is 5.41 Å². The van der Waals surface area contributed by atoms with E-state index in [1.54, 1.807) is 33.0 Å². The molecule has 0 heterocycles. The van der Waals surface area contributed by atoms with Gasteiger partial charge < -0.3 is 15.3 Å². The monoisotopic (exact) mass is 298 g/mol. The van der Waals surface area contributed by atoms with Crippen molar-refractivity contribution < 1.29 is 14.7 Å². The topological polar surface area (TPSA) is 69.6 Å². The Labute approximate surface area is 123 Å². The largest absolute Gasteiger partial charge is 0.481 e. The Morgan fingerprint density at radius 1 is 1.30 bits per heavy atom. The van der Waals surface area contributed by atoms with Crippen molar-refractivity contribution >= 4 is 23.6 Å². The summed E-state index contributed by atoms with van der Waals surface area (Å²) < 4.78 is 0. The number of aliphatic carboxylic acids is 1. The van der Waals surface area contributed by atoms with Gasteiger partial charge in [-0.3, -0.25) is 4.79 Å². The highest BCUT2D eigenvalue weighted by molar-refractivity contribution is 6.30. The molecular weight excluding hydrogens is 280 g/mol. The quantitative estimate of drug-likeness (QED) is 0.878. The number of rotatable bonds is 5. The van der Waals surface area contributed by atoms with Gasteiger partial charge in [-0.2, -0.15) is 0 Å². The molecule has 0 fully saturated rings. The van der Waals surface area contributed by atoms with Crippen LogP contribution in [0.3, 0.4) is 0 Å². The molecule has 2 N–H and O–H groups in total. The number of carbonyl (C=O) groups is 2. The van der Waals surface area contributed by atoms with Crippen molar-refractivity contribution in [2.45, 2.75) is 20.4 Å². The molecule has 0 bridgehead atoms. The lowest BCUT2D eigenvalue weighted by Crippen LogP contribution is -2.43. The number of benzene rings is 1. The van der Waals surface area contributed by atoms with Gasteiger partial charge in [0.15, 0.2) is 0 Å². The van der Waals surface area contributed by atoms with Crippen molar-refractivity contribution in [1.29, 1.82) is 0 Å². The molecule has 0 aromatic heterocycles. The summed E-state index contributed by atoms with van der Waals surface area (Å²) in [6.45, 7) is 3.63. The lowest BCUT2D eigenvalue weighted by Gasteiger charge is -2.23. The van der Waals surface area contributed by atoms with Crippen LogP contribution in [0, 0.1) is 5.41 Å². The zero-order valence-electron chi connectivity index (χ0n) is 11.8. The van der Waals surface area contributed by atoms with E-state index in [0.717, 1.165) is 5.56 Å². The maximum absolute atomic E-state index is 11.9. The summed E-state index contributed by atoms with van der Waals surface area (Å²) >= 11 is 5.79. The second-order valence-electron chi connectivity index (χ2n) is 5.33. The smallest absolute Gasteiger partial charge is 0.317 e. The average Bonchev–Trinajstić information content (AvgIpc) is 2.38. The Balaban J connectivity index is 2.51. The molecule has 110 valence electrons. The Morgan fingerprint density at radius 3 is 2.35 bits per heavy atom. The number of carboxylic acids is 1. The van der Waals surface area contributed by atoms with Gasteiger partial charge in [-0.1, -0.05) is 23.7 Å². The Morgan fingerprint density at radius 2 is 1.85 bits per heavy atom. The standard InChI is InChI=1S/C14H19ClN2O3/c1-14(2,12(18)19)9-16-13(20)17(3)8-10-4-6-11(15)7-5-10/h4-7H,8-9H2,1-3H3,(H,16,20)(H,18,19). The van der Waals surface area contributed by atoms with E-state index in [0.29, 0.717) is 11.6 Å². The summed E-state index contributed by atoms with van der Waals surface area (Å²) in [5.74, 6) is -0.946. The van der Waals surface area contributed by atoms with Crippen LogP contribution < -0.4 is 5.32 Å². The van der Waals surface area contributed by atoms with Gasteiger partial charge in [0.1, 0.15) is 0 Å². The van der Waals surface area contributed by atoms with Crippen molar-refractivity contribution in [1.82, 2.24) is 10.2 Å². The molecule has 0 radical (unpaired) electrons. The molecule has 5 nitrogen and oxygen atoms in total. The molecule has 0 aliphatic carbocycles. The summed E-state index contributed by atoms with van der Waals surface area (Å²) in [5, 5.41) is 12.2. The Bertz CT molecular complexity index is 486. The van der Waals surface area contributed by atoms with Crippen LogP contribution >= 0.6 is 11.6 Å². The van der Waals surface area contributed by atoms with E-state index >= 15 is 0 Å². The average molecular weight is 299 g/mol. The number of hydrogen-bond acceptors (Lipinski definition) is 2. The first kappa shape index (κ1) is 16.3. The normalized spacial score (nSPS) is 11.0. The number of hydrogen-bond donors (Lipinski definition) is 2. The van der Waals surface area contributed by atoms with Gasteiger partial charge >= 0.3 is 12.0 Å². The lowest BCUT2D eigenvalue weighted by atomic mass is 9.94. The molecule has 0 saturated heterocycles. The fraction of sp³-hybridized carbons (Fsp3) is 0.429. The number of nitrogens with one attached hydrogen (secondary N) is 1. The van der Waals surface area contributed by atoms with Crippen molar-refractivity contribution in [2.75, 3.05) is 13.6 Å². The molecule has 0 spiro atoms. The maximum Gasteiger partial charge on any atom is 0.317 e. The highest BCUT2D eigenvalue weighted by Crippen LogP contribution is 2.14. The number of nitrogens with zero attached hydrogens (tertiary/aromatic N) is 1. The summed E-state index contributed by atoms with van der Waals surface area (Å²) in [6.07, 6.45) is 0. The number of amides is 2. The van der Waals surface area contributed by atoms with E-state index in [4.69, 9.17) is 16.7 Å². The molecule has 0 aliphatic heterocycles. The summed E-state index contributed by atoms with van der Waals surface area (Å²) in [7, 11) is 1.65. The summed E-state index contributed by atoms with van der Waals surface area (Å²) in [4.78, 5) is 24.3. The van der Waals surface area contributed by atoms with Crippen LogP contribution in [0.2, 0.25) is 5.02 Å². The van der Waals surface area contributed by atoms with E-state index < -0.39 is 11.4 Å². The van der Waals surface area contributed by atoms with E-state index in [9.17, 15) is 9.59 Å². The van der Waals surface area contributed by atoms with Gasteiger partial charge in [0, 0.05) is 25.2 Å². The minimum atomic E-state index is -0.989. The minimum absolute atomic E-state index is 0.0755. The van der Waals surface area contributed by atoms with E-state index in [1.807, 2.05) is 12.1 Å². The molecule has 0 saturated carbocycles. The lowest BCUT2D eigenvalue weighted by molar-refractivity contribution is -0.146. The van der Waals surface area contributed by atoms with Crippen LogP contribution in [-0.2, 0) is 11.3 Å².